The number of furan rings is 1. The molecule has 0 amide bonds. The van der Waals surface area contributed by atoms with Gasteiger partial charge in [-0.1, -0.05) is 0 Å². The Morgan fingerprint density at radius 2 is 2.45 bits per heavy atom. The van der Waals surface area contributed by atoms with Crippen LogP contribution in [-0.4, -0.2) is 17.5 Å². The Labute approximate surface area is 64.6 Å². The Morgan fingerprint density at radius 3 is 3.00 bits per heavy atom. The molecule has 1 aromatic heterocycles. The lowest BCUT2D eigenvalue weighted by Crippen LogP contribution is -1.97. The van der Waals surface area contributed by atoms with Crippen LogP contribution < -0.4 is 0 Å². The zero-order chi connectivity index (χ0) is 8.27. The first-order chi connectivity index (χ1) is 5.25. The minimum absolute atomic E-state index is 0.00773. The van der Waals surface area contributed by atoms with Crippen molar-refractivity contribution in [3.8, 4) is 0 Å². The molecule has 60 valence electrons. The molecule has 0 atom stereocenters. The van der Waals surface area contributed by atoms with Crippen molar-refractivity contribution < 1.29 is 14.3 Å². The van der Waals surface area contributed by atoms with Crippen LogP contribution in [0.5, 0.6) is 0 Å². The number of carbonyl (C=O) groups is 1. The van der Waals surface area contributed by atoms with Crippen LogP contribution in [0.3, 0.4) is 0 Å². The quantitative estimate of drug-likeness (QED) is 0.661. The van der Waals surface area contributed by atoms with Crippen LogP contribution in [0, 0.1) is 0 Å². The van der Waals surface area contributed by atoms with Crippen molar-refractivity contribution in [1.82, 2.24) is 0 Å². The molecule has 1 heterocycles. The highest BCUT2D eigenvalue weighted by molar-refractivity contribution is 5.94. The van der Waals surface area contributed by atoms with Crippen molar-refractivity contribution >= 4 is 5.78 Å². The molecule has 0 saturated carbocycles. The Morgan fingerprint density at radius 1 is 1.73 bits per heavy atom. The molecule has 0 aliphatic carbocycles. The minimum atomic E-state index is -0.0257. The molecule has 11 heavy (non-hydrogen) atoms. The highest BCUT2D eigenvalue weighted by atomic mass is 16.3. The maximum Gasteiger partial charge on any atom is 0.163 e. The van der Waals surface area contributed by atoms with E-state index in [4.69, 9.17) is 9.52 Å². The van der Waals surface area contributed by atoms with Crippen molar-refractivity contribution in [1.29, 1.82) is 0 Å². The fourth-order valence-corrected chi connectivity index (χ4v) is 0.949. The summed E-state index contributed by atoms with van der Waals surface area (Å²) in [5.41, 5.74) is 0.569. The van der Waals surface area contributed by atoms with Gasteiger partial charge in [0.15, 0.2) is 5.78 Å². The summed E-state index contributed by atoms with van der Waals surface area (Å²) in [7, 11) is 0. The molecule has 0 bridgehead atoms. The molecule has 0 radical (unpaired) electrons. The third-order valence-corrected chi connectivity index (χ3v) is 1.46. The maximum atomic E-state index is 10.9. The van der Waals surface area contributed by atoms with Gasteiger partial charge in [0.25, 0.3) is 0 Å². The van der Waals surface area contributed by atoms with E-state index in [0.717, 1.165) is 0 Å². The van der Waals surface area contributed by atoms with Crippen LogP contribution in [0.4, 0.5) is 0 Å². The van der Waals surface area contributed by atoms with Gasteiger partial charge >= 0.3 is 0 Å². The predicted octanol–water partition coefficient (Wildman–Crippen LogP) is 1.02. The molecule has 0 fully saturated rings. The normalized spacial score (nSPS) is 10.0. The SMILES string of the molecule is CC(=O)c1ccoc1CCO. The number of rotatable bonds is 3. The number of hydrogen-bond donors (Lipinski definition) is 1. The van der Waals surface area contributed by atoms with Gasteiger partial charge in [-0.05, 0) is 13.0 Å². The van der Waals surface area contributed by atoms with E-state index in [1.54, 1.807) is 6.07 Å². The van der Waals surface area contributed by atoms with Crippen LogP contribution in [0.15, 0.2) is 16.7 Å². The van der Waals surface area contributed by atoms with Crippen molar-refractivity contribution in [3.05, 3.63) is 23.7 Å². The van der Waals surface area contributed by atoms with E-state index in [2.05, 4.69) is 0 Å². The zero-order valence-electron chi connectivity index (χ0n) is 6.33. The van der Waals surface area contributed by atoms with Gasteiger partial charge in [-0.3, -0.25) is 4.79 Å². The Bertz CT molecular complexity index is 250. The molecule has 0 saturated heterocycles. The second-order valence-electron chi connectivity index (χ2n) is 2.29. The molecule has 1 N–H and O–H groups in total. The molecule has 3 heteroatoms. The third-order valence-electron chi connectivity index (χ3n) is 1.46. The first kappa shape index (κ1) is 8.01. The lowest BCUT2D eigenvalue weighted by atomic mass is 10.1. The van der Waals surface area contributed by atoms with E-state index >= 15 is 0 Å². The van der Waals surface area contributed by atoms with Crippen molar-refractivity contribution in [2.24, 2.45) is 0 Å². The summed E-state index contributed by atoms with van der Waals surface area (Å²) >= 11 is 0. The van der Waals surface area contributed by atoms with Crippen molar-refractivity contribution in [2.45, 2.75) is 13.3 Å². The third kappa shape index (κ3) is 1.68. The highest BCUT2D eigenvalue weighted by Gasteiger charge is 2.08. The monoisotopic (exact) mass is 154 g/mol. The van der Waals surface area contributed by atoms with E-state index < -0.39 is 0 Å². The molecular weight excluding hydrogens is 144 g/mol. The smallest absolute Gasteiger partial charge is 0.163 e. The molecule has 3 nitrogen and oxygen atoms in total. The first-order valence-corrected chi connectivity index (χ1v) is 3.44. The Hall–Kier alpha value is -1.09. The van der Waals surface area contributed by atoms with Crippen LogP contribution in [0.25, 0.3) is 0 Å². The molecule has 0 aliphatic rings. The second-order valence-corrected chi connectivity index (χ2v) is 2.29. The number of aliphatic hydroxyl groups excluding tert-OH is 1. The Kier molecular flexibility index (Phi) is 2.44. The van der Waals surface area contributed by atoms with Gasteiger partial charge in [0.05, 0.1) is 18.4 Å². The fraction of sp³-hybridized carbons (Fsp3) is 0.375. The van der Waals surface area contributed by atoms with E-state index in [1.165, 1.54) is 13.2 Å². The maximum absolute atomic E-state index is 10.9. The van der Waals surface area contributed by atoms with Crippen LogP contribution in [0.2, 0.25) is 0 Å². The van der Waals surface area contributed by atoms with E-state index in [0.29, 0.717) is 17.7 Å². The van der Waals surface area contributed by atoms with Gasteiger partial charge in [-0.25, -0.2) is 0 Å². The summed E-state index contributed by atoms with van der Waals surface area (Å²) < 4.78 is 4.99. The van der Waals surface area contributed by atoms with Crippen molar-refractivity contribution in [3.63, 3.8) is 0 Å². The number of hydrogen-bond acceptors (Lipinski definition) is 3. The summed E-state index contributed by atoms with van der Waals surface area (Å²) in [6, 6.07) is 1.62. The number of aliphatic hydroxyl groups is 1. The molecule has 1 aromatic rings. The zero-order valence-corrected chi connectivity index (χ0v) is 6.33. The van der Waals surface area contributed by atoms with Gasteiger partial charge in [0.1, 0.15) is 5.76 Å². The number of ketones is 1. The molecule has 0 aliphatic heterocycles. The molecule has 1 rings (SSSR count). The second kappa shape index (κ2) is 3.34. The Balaban J connectivity index is 2.87. The summed E-state index contributed by atoms with van der Waals surface area (Å²) in [5.74, 6) is 0.544. The van der Waals surface area contributed by atoms with E-state index in [9.17, 15) is 4.79 Å². The van der Waals surface area contributed by atoms with Crippen LogP contribution >= 0.6 is 0 Å². The number of carbonyl (C=O) groups excluding carboxylic acids is 1. The van der Waals surface area contributed by atoms with E-state index in [-0.39, 0.29) is 12.4 Å². The van der Waals surface area contributed by atoms with Crippen molar-refractivity contribution in [2.75, 3.05) is 6.61 Å². The minimum Gasteiger partial charge on any atom is -0.468 e. The van der Waals surface area contributed by atoms with Gasteiger partial charge < -0.3 is 9.52 Å². The fourth-order valence-electron chi connectivity index (χ4n) is 0.949. The first-order valence-electron chi connectivity index (χ1n) is 3.44. The molecule has 0 unspecified atom stereocenters. The summed E-state index contributed by atoms with van der Waals surface area (Å²) in [6.45, 7) is 1.49. The summed E-state index contributed by atoms with van der Waals surface area (Å²) in [6.07, 6.45) is 1.86. The topological polar surface area (TPSA) is 50.4 Å². The van der Waals surface area contributed by atoms with Gasteiger partial charge in [0.2, 0.25) is 0 Å². The summed E-state index contributed by atoms with van der Waals surface area (Å²) in [5, 5.41) is 8.57. The highest BCUT2D eigenvalue weighted by Crippen LogP contribution is 2.11. The average Bonchev–Trinajstić information content (AvgIpc) is 2.36. The predicted molar refractivity (Wildman–Crippen MR) is 39.5 cm³/mol. The molecule has 0 spiro atoms. The van der Waals surface area contributed by atoms with Gasteiger partial charge in [-0.15, -0.1) is 0 Å². The molecular formula is C8H10O3. The van der Waals surface area contributed by atoms with Crippen LogP contribution in [0.1, 0.15) is 23.0 Å². The lowest BCUT2D eigenvalue weighted by Gasteiger charge is -1.94. The van der Waals surface area contributed by atoms with Gasteiger partial charge in [0, 0.05) is 6.42 Å². The van der Waals surface area contributed by atoms with Gasteiger partial charge in [-0.2, -0.15) is 0 Å². The standard InChI is InChI=1S/C8H10O3/c1-6(10)7-3-5-11-8(7)2-4-9/h3,5,9H,2,4H2,1H3. The largest absolute Gasteiger partial charge is 0.468 e. The summed E-state index contributed by atoms with van der Waals surface area (Å²) in [4.78, 5) is 10.9. The lowest BCUT2D eigenvalue weighted by molar-refractivity contribution is 0.101. The molecule has 0 aromatic carbocycles. The van der Waals surface area contributed by atoms with Crippen LogP contribution in [-0.2, 0) is 6.42 Å². The number of Topliss-reactive ketones (excluding diaryl/α,β-unsaturated/α-hetero) is 1. The average molecular weight is 154 g/mol. The van der Waals surface area contributed by atoms with E-state index in [1.807, 2.05) is 0 Å².